The fourth-order valence-electron chi connectivity index (χ4n) is 3.72. The first kappa shape index (κ1) is 20.5. The molecule has 3 aromatic carbocycles. The summed E-state index contributed by atoms with van der Waals surface area (Å²) in [6.45, 7) is 1.37. The van der Waals surface area contributed by atoms with E-state index in [1.807, 2.05) is 77.7 Å². The number of amides is 1. The SMILES string of the molecule is O=C(c1ccc(-c2cccc(CO)c2)cc1)N1CCC(Oc2ccc(Cl)cc2)CC1. The average Bonchev–Trinajstić information content (AvgIpc) is 2.81. The summed E-state index contributed by atoms with van der Waals surface area (Å²) in [7, 11) is 0. The van der Waals surface area contributed by atoms with Crippen LogP contribution in [0.1, 0.15) is 28.8 Å². The second-order valence-electron chi connectivity index (χ2n) is 7.50. The molecule has 3 aromatic rings. The van der Waals surface area contributed by atoms with E-state index in [9.17, 15) is 9.90 Å². The lowest BCUT2D eigenvalue weighted by Crippen LogP contribution is -2.41. The molecular weight excluding hydrogens is 398 g/mol. The molecule has 1 saturated heterocycles. The van der Waals surface area contributed by atoms with Gasteiger partial charge >= 0.3 is 0 Å². The number of halogens is 1. The van der Waals surface area contributed by atoms with Gasteiger partial charge in [0.2, 0.25) is 0 Å². The quantitative estimate of drug-likeness (QED) is 0.617. The normalized spacial score (nSPS) is 14.5. The van der Waals surface area contributed by atoms with E-state index in [0.29, 0.717) is 23.7 Å². The number of aliphatic hydroxyl groups excluding tert-OH is 1. The van der Waals surface area contributed by atoms with E-state index in [2.05, 4.69) is 0 Å². The van der Waals surface area contributed by atoms with Gasteiger partial charge in [-0.05, 0) is 59.2 Å². The van der Waals surface area contributed by atoms with Crippen molar-refractivity contribution in [2.24, 2.45) is 0 Å². The minimum atomic E-state index is 0.0160. The molecule has 30 heavy (non-hydrogen) atoms. The van der Waals surface area contributed by atoms with Crippen molar-refractivity contribution in [3.8, 4) is 16.9 Å². The van der Waals surface area contributed by atoms with Gasteiger partial charge in [-0.3, -0.25) is 4.79 Å². The predicted molar refractivity (Wildman–Crippen MR) is 119 cm³/mol. The maximum atomic E-state index is 12.9. The van der Waals surface area contributed by atoms with Crippen LogP contribution < -0.4 is 4.74 Å². The highest BCUT2D eigenvalue weighted by Gasteiger charge is 2.24. The molecule has 5 heteroatoms. The molecule has 0 aromatic heterocycles. The number of piperidine rings is 1. The predicted octanol–water partition coefficient (Wildman–Crippen LogP) is 5.18. The molecule has 0 bridgehead atoms. The average molecular weight is 422 g/mol. The molecule has 0 aliphatic carbocycles. The van der Waals surface area contributed by atoms with Crippen LogP contribution in [0.2, 0.25) is 5.02 Å². The Morgan fingerprint density at radius 3 is 2.33 bits per heavy atom. The van der Waals surface area contributed by atoms with Gasteiger partial charge in [0.25, 0.3) is 5.91 Å². The molecule has 1 aliphatic rings. The fraction of sp³-hybridized carbons (Fsp3) is 0.240. The monoisotopic (exact) mass is 421 g/mol. The van der Waals surface area contributed by atoms with Crippen LogP contribution in [0.15, 0.2) is 72.8 Å². The number of rotatable bonds is 5. The number of likely N-dealkylation sites (tertiary alicyclic amines) is 1. The maximum Gasteiger partial charge on any atom is 0.253 e. The van der Waals surface area contributed by atoms with Gasteiger partial charge in [0.1, 0.15) is 11.9 Å². The molecule has 0 radical (unpaired) electrons. The zero-order valence-electron chi connectivity index (χ0n) is 16.6. The summed E-state index contributed by atoms with van der Waals surface area (Å²) in [5.74, 6) is 0.862. The first-order chi connectivity index (χ1) is 14.6. The summed E-state index contributed by atoms with van der Waals surface area (Å²) in [5.41, 5.74) is 3.61. The van der Waals surface area contributed by atoms with Gasteiger partial charge < -0.3 is 14.7 Å². The zero-order valence-corrected chi connectivity index (χ0v) is 17.4. The highest BCUT2D eigenvalue weighted by Crippen LogP contribution is 2.24. The molecule has 154 valence electrons. The fourth-order valence-corrected chi connectivity index (χ4v) is 3.85. The number of hydrogen-bond donors (Lipinski definition) is 1. The minimum absolute atomic E-state index is 0.0160. The maximum absolute atomic E-state index is 12.9. The molecule has 1 N–H and O–H groups in total. The van der Waals surface area contributed by atoms with E-state index >= 15 is 0 Å². The summed E-state index contributed by atoms with van der Waals surface area (Å²) >= 11 is 5.91. The number of carbonyl (C=O) groups is 1. The summed E-state index contributed by atoms with van der Waals surface area (Å²) in [5, 5.41) is 10.0. The second-order valence-corrected chi connectivity index (χ2v) is 7.94. The van der Waals surface area contributed by atoms with Crippen LogP contribution in [0, 0.1) is 0 Å². The van der Waals surface area contributed by atoms with Crippen molar-refractivity contribution >= 4 is 17.5 Å². The second kappa shape index (κ2) is 9.33. The Hall–Kier alpha value is -2.82. The van der Waals surface area contributed by atoms with Crippen molar-refractivity contribution in [3.63, 3.8) is 0 Å². The summed E-state index contributed by atoms with van der Waals surface area (Å²) in [4.78, 5) is 14.8. The van der Waals surface area contributed by atoms with E-state index < -0.39 is 0 Å². The highest BCUT2D eigenvalue weighted by molar-refractivity contribution is 6.30. The topological polar surface area (TPSA) is 49.8 Å². The van der Waals surface area contributed by atoms with Crippen molar-refractivity contribution in [1.29, 1.82) is 0 Å². The standard InChI is InChI=1S/C25H24ClNO3/c26-22-8-10-23(11-9-22)30-24-12-14-27(15-13-24)25(29)20-6-4-19(5-7-20)21-3-1-2-18(16-21)17-28/h1-11,16,24,28H,12-15,17H2. The summed E-state index contributed by atoms with van der Waals surface area (Å²) < 4.78 is 6.01. The lowest BCUT2D eigenvalue weighted by Gasteiger charge is -2.32. The van der Waals surface area contributed by atoms with E-state index in [0.717, 1.165) is 35.3 Å². The third-order valence-corrected chi connectivity index (χ3v) is 5.67. The number of ether oxygens (including phenoxy) is 1. The molecule has 4 nitrogen and oxygen atoms in total. The van der Waals surface area contributed by atoms with E-state index in [1.54, 1.807) is 0 Å². The molecule has 0 unspecified atom stereocenters. The summed E-state index contributed by atoms with van der Waals surface area (Å²) in [6, 6.07) is 22.8. The molecule has 0 saturated carbocycles. The number of aliphatic hydroxyl groups is 1. The van der Waals surface area contributed by atoms with Crippen LogP contribution >= 0.6 is 11.6 Å². The van der Waals surface area contributed by atoms with Crippen molar-refractivity contribution in [1.82, 2.24) is 4.90 Å². The molecule has 0 spiro atoms. The number of nitrogens with zero attached hydrogens (tertiary/aromatic N) is 1. The van der Waals surface area contributed by atoms with Gasteiger partial charge in [0, 0.05) is 36.5 Å². The van der Waals surface area contributed by atoms with Crippen molar-refractivity contribution < 1.29 is 14.6 Å². The number of hydrogen-bond acceptors (Lipinski definition) is 3. The van der Waals surface area contributed by atoms with Crippen LogP contribution in [0.4, 0.5) is 0 Å². The molecule has 4 rings (SSSR count). The van der Waals surface area contributed by atoms with E-state index in [-0.39, 0.29) is 18.6 Å². The Bertz CT molecular complexity index is 994. The Balaban J connectivity index is 1.35. The van der Waals surface area contributed by atoms with E-state index in [1.165, 1.54) is 0 Å². The van der Waals surface area contributed by atoms with Gasteiger partial charge in [-0.25, -0.2) is 0 Å². The Morgan fingerprint density at radius 2 is 1.67 bits per heavy atom. The molecule has 1 aliphatic heterocycles. The van der Waals surface area contributed by atoms with Crippen LogP contribution in [-0.4, -0.2) is 35.1 Å². The zero-order chi connectivity index (χ0) is 20.9. The van der Waals surface area contributed by atoms with Crippen LogP contribution in [-0.2, 0) is 6.61 Å². The van der Waals surface area contributed by atoms with Gasteiger partial charge in [0.15, 0.2) is 0 Å². The van der Waals surface area contributed by atoms with Crippen molar-refractivity contribution in [3.05, 3.63) is 88.9 Å². The smallest absolute Gasteiger partial charge is 0.253 e. The Kier molecular flexibility index (Phi) is 6.36. The molecular formula is C25H24ClNO3. The van der Waals surface area contributed by atoms with Gasteiger partial charge in [-0.1, -0.05) is 41.9 Å². The Morgan fingerprint density at radius 1 is 0.967 bits per heavy atom. The first-order valence-corrected chi connectivity index (χ1v) is 10.5. The van der Waals surface area contributed by atoms with Gasteiger partial charge in [0.05, 0.1) is 6.61 Å². The van der Waals surface area contributed by atoms with Crippen LogP contribution in [0.3, 0.4) is 0 Å². The van der Waals surface area contributed by atoms with Gasteiger partial charge in [-0.15, -0.1) is 0 Å². The number of benzene rings is 3. The first-order valence-electron chi connectivity index (χ1n) is 10.1. The minimum Gasteiger partial charge on any atom is -0.490 e. The third kappa shape index (κ3) is 4.84. The molecule has 1 amide bonds. The van der Waals surface area contributed by atoms with Crippen LogP contribution in [0.25, 0.3) is 11.1 Å². The van der Waals surface area contributed by atoms with Crippen molar-refractivity contribution in [2.75, 3.05) is 13.1 Å². The number of carbonyl (C=O) groups excluding carboxylic acids is 1. The highest BCUT2D eigenvalue weighted by atomic mass is 35.5. The lowest BCUT2D eigenvalue weighted by molar-refractivity contribution is 0.0595. The van der Waals surface area contributed by atoms with Crippen LogP contribution in [0.5, 0.6) is 5.75 Å². The molecule has 1 heterocycles. The lowest BCUT2D eigenvalue weighted by atomic mass is 10.0. The summed E-state index contributed by atoms with van der Waals surface area (Å²) in [6.07, 6.45) is 1.72. The Labute approximate surface area is 181 Å². The van der Waals surface area contributed by atoms with E-state index in [4.69, 9.17) is 16.3 Å². The molecule has 1 fully saturated rings. The van der Waals surface area contributed by atoms with Gasteiger partial charge in [-0.2, -0.15) is 0 Å². The van der Waals surface area contributed by atoms with Crippen molar-refractivity contribution in [2.45, 2.75) is 25.6 Å². The molecule has 0 atom stereocenters. The largest absolute Gasteiger partial charge is 0.490 e. The third-order valence-electron chi connectivity index (χ3n) is 5.42.